The van der Waals surface area contributed by atoms with Crippen molar-refractivity contribution in [2.45, 2.75) is 178 Å². The molecule has 394 valence electrons. The predicted molar refractivity (Wildman–Crippen MR) is 278 cm³/mol. The van der Waals surface area contributed by atoms with Crippen molar-refractivity contribution in [2.75, 3.05) is 26.2 Å². The molecule has 0 bridgehead atoms. The molecule has 0 aromatic carbocycles. The number of hydrogen-bond donors (Lipinski definition) is 0. The first-order valence-electron chi connectivity index (χ1n) is 23.5. The Morgan fingerprint density at radius 3 is 1.41 bits per heavy atom. The Morgan fingerprint density at radius 2 is 1.07 bits per heavy atom. The van der Waals surface area contributed by atoms with Gasteiger partial charge in [0.05, 0.1) is 32.9 Å². The number of likely N-dealkylation sites (tertiary alicyclic amines) is 2. The second kappa shape index (κ2) is 27.0. The second-order valence-corrected chi connectivity index (χ2v) is 24.3. The monoisotopic (exact) mass is 1090 g/mol. The first-order valence-corrected chi connectivity index (χ1v) is 25.9. The molecule has 0 radical (unpaired) electrons. The average molecular weight is 1090 g/mol. The summed E-state index contributed by atoms with van der Waals surface area (Å²) in [4.78, 5) is 64.8. The molecule has 20 heteroatoms. The van der Waals surface area contributed by atoms with Crippen LogP contribution in [-0.2, 0) is 38.0 Å². The fourth-order valence-corrected chi connectivity index (χ4v) is 11.6. The molecular formula is C51H76BBrN4O12S2. The minimum absolute atomic E-state index is 0. The smallest absolute Gasteiger partial charge is 0.444 e. The van der Waals surface area contributed by atoms with Gasteiger partial charge in [0.1, 0.15) is 23.7 Å². The van der Waals surface area contributed by atoms with Gasteiger partial charge in [0, 0.05) is 46.3 Å². The summed E-state index contributed by atoms with van der Waals surface area (Å²) in [6.07, 6.45) is 10.9. The van der Waals surface area contributed by atoms with Gasteiger partial charge in [0.2, 0.25) is 0 Å². The Hall–Kier alpha value is -4.42. The highest BCUT2D eigenvalue weighted by Crippen LogP contribution is 2.45. The van der Waals surface area contributed by atoms with E-state index in [0.29, 0.717) is 23.7 Å². The van der Waals surface area contributed by atoms with Crippen molar-refractivity contribution < 1.29 is 56.6 Å². The van der Waals surface area contributed by atoms with E-state index in [9.17, 15) is 9.59 Å². The molecular weight excluding hydrogens is 1020 g/mol. The molecule has 0 N–H and O–H groups in total. The van der Waals surface area contributed by atoms with Crippen LogP contribution in [0.25, 0.3) is 10.4 Å². The zero-order valence-electron chi connectivity index (χ0n) is 43.7. The van der Waals surface area contributed by atoms with Crippen molar-refractivity contribution in [1.29, 1.82) is 0 Å². The number of rotatable bonds is 6. The number of nitrogens with zero attached hydrogens (tertiary/aromatic N) is 4. The molecule has 16 nitrogen and oxygen atoms in total. The summed E-state index contributed by atoms with van der Waals surface area (Å²) >= 11 is 7.39. The number of halogens is 1. The van der Waals surface area contributed by atoms with Crippen LogP contribution in [0.15, 0.2) is 37.8 Å². The summed E-state index contributed by atoms with van der Waals surface area (Å²) in [6, 6.07) is 0. The minimum Gasteiger partial charge on any atom is -0.444 e. The second-order valence-electron chi connectivity index (χ2n) is 20.8. The van der Waals surface area contributed by atoms with E-state index in [4.69, 9.17) is 47.0 Å². The maximum Gasteiger partial charge on any atom is 0.499 e. The summed E-state index contributed by atoms with van der Waals surface area (Å²) in [5.74, 6) is 2.24. The first-order chi connectivity index (χ1) is 32.5. The number of hydrogen-bond acceptors (Lipinski definition) is 16. The van der Waals surface area contributed by atoms with Gasteiger partial charge in [-0.1, -0.05) is 31.6 Å². The van der Waals surface area contributed by atoms with Gasteiger partial charge in [-0.3, -0.25) is 0 Å². The summed E-state index contributed by atoms with van der Waals surface area (Å²) in [7, 11) is -0.369. The fraction of sp³-hybridized carbons (Fsp3) is 0.647. The maximum atomic E-state index is 12.3. The average Bonchev–Trinajstić information content (AvgIpc) is 4.13. The molecule has 71 heavy (non-hydrogen) atoms. The van der Waals surface area contributed by atoms with E-state index in [1.54, 1.807) is 24.9 Å². The number of thiophene rings is 2. The van der Waals surface area contributed by atoms with Gasteiger partial charge in [-0.2, -0.15) is 19.2 Å². The predicted octanol–water partition coefficient (Wildman–Crippen LogP) is 12.1. The zero-order valence-corrected chi connectivity index (χ0v) is 47.0. The Labute approximate surface area is 437 Å². The molecule has 0 aliphatic carbocycles. The van der Waals surface area contributed by atoms with Crippen molar-refractivity contribution in [3.63, 3.8) is 0 Å². The van der Waals surface area contributed by atoms with E-state index >= 15 is 0 Å². The van der Waals surface area contributed by atoms with E-state index in [1.165, 1.54) is 40.7 Å². The van der Waals surface area contributed by atoms with Crippen LogP contribution in [0.5, 0.6) is 0 Å². The Bertz CT molecular complexity index is 2310. The summed E-state index contributed by atoms with van der Waals surface area (Å²) in [5.41, 5.74) is 5.87. The lowest BCUT2D eigenvalue weighted by Gasteiger charge is -2.35. The van der Waals surface area contributed by atoms with E-state index in [0.717, 1.165) is 62.9 Å². The van der Waals surface area contributed by atoms with Crippen LogP contribution in [0, 0.1) is 39.5 Å². The van der Waals surface area contributed by atoms with E-state index in [1.807, 2.05) is 102 Å². The number of carbonyl (C=O) groups is 2. The highest BCUT2D eigenvalue weighted by atomic mass is 79.9. The third kappa shape index (κ3) is 17.6. The van der Waals surface area contributed by atoms with Crippen LogP contribution in [0.4, 0.5) is 9.59 Å². The van der Waals surface area contributed by atoms with Crippen molar-refractivity contribution >= 4 is 75.7 Å². The third-order valence-corrected chi connectivity index (χ3v) is 17.3. The molecule has 2 amide bonds. The van der Waals surface area contributed by atoms with Gasteiger partial charge in [0.15, 0.2) is 0 Å². The molecule has 2 atom stereocenters. The standard InChI is InChI=1S/C21H30N2O3S.C18H28BrNO2S.C9H14BNO3.2CO2.CH4/c1-13-14(2)19(17-11-22-25-12-17)27-18(13)15(3)16-7-9-23(10-8-16)20(24)26-21(4,5)6;1-11-12(2)16(19)23-15(11)13(3)14-7-9-20(10-8-14)17(21)22-18(4,5)6;1-8(2)9(3,4)14-10(13-8)7-5-11-12-6-7;2*2-1-3;/h11-12,15-16H,7-10H2,1-6H3;13-14H,7-10H2,1-6H3;5-6H,1-4H3;;;1H4/t15-;13-;;;;/m11..../s1. The quantitative estimate of drug-likeness (QED) is 0.165. The normalized spacial score (nSPS) is 17.4. The van der Waals surface area contributed by atoms with Crippen LogP contribution < -0.4 is 5.46 Å². The van der Waals surface area contributed by atoms with Crippen molar-refractivity contribution in [2.24, 2.45) is 11.8 Å². The molecule has 7 rings (SSSR count). The highest BCUT2D eigenvalue weighted by Gasteiger charge is 2.52. The lowest BCUT2D eigenvalue weighted by atomic mass is 9.82. The van der Waals surface area contributed by atoms with E-state index in [2.05, 4.69) is 67.8 Å². The molecule has 3 aliphatic rings. The molecule has 3 fully saturated rings. The SMILES string of the molecule is C.CC1(C)OB(c2cnoc2)OC1(C)C.Cc1c(-c2cnoc2)sc([C@H](C)C2CCN(C(=O)OC(C)(C)C)CC2)c1C.Cc1c(Br)sc([C@H](C)C2CCN(C(=O)OC(C)(C)C)CC2)c1C.O=C=O.O=C=O. The molecule has 4 aromatic rings. The lowest BCUT2D eigenvalue weighted by molar-refractivity contribution is -0.193. The molecule has 3 saturated heterocycles. The molecule has 0 saturated carbocycles. The third-order valence-electron chi connectivity index (χ3n) is 13.2. The summed E-state index contributed by atoms with van der Waals surface area (Å²) < 4.78 is 33.6. The highest BCUT2D eigenvalue weighted by molar-refractivity contribution is 9.11. The van der Waals surface area contributed by atoms with Gasteiger partial charge >= 0.3 is 31.6 Å². The first kappa shape index (κ1) is 62.7. The number of amides is 2. The largest absolute Gasteiger partial charge is 0.499 e. The topological polar surface area (TPSA) is 198 Å². The van der Waals surface area contributed by atoms with Gasteiger partial charge in [-0.05, 0) is 184 Å². The van der Waals surface area contributed by atoms with Gasteiger partial charge in [-0.25, -0.2) is 9.59 Å². The van der Waals surface area contributed by atoms with Crippen LogP contribution >= 0.6 is 38.6 Å². The maximum absolute atomic E-state index is 12.3. The summed E-state index contributed by atoms with van der Waals surface area (Å²) in [6.45, 7) is 36.1. The van der Waals surface area contributed by atoms with Gasteiger partial charge < -0.3 is 37.6 Å². The molecule has 7 heterocycles. The van der Waals surface area contributed by atoms with E-state index in [-0.39, 0.29) is 50.2 Å². The number of ether oxygens (including phenoxy) is 2. The van der Waals surface area contributed by atoms with Crippen LogP contribution in [-0.4, -0.2) is 100 Å². The van der Waals surface area contributed by atoms with E-state index < -0.39 is 11.2 Å². The van der Waals surface area contributed by atoms with Crippen molar-refractivity contribution in [3.05, 3.63) is 60.7 Å². The van der Waals surface area contributed by atoms with Gasteiger partial charge in [-0.15, -0.1) is 22.7 Å². The number of aromatic nitrogens is 2. The Kier molecular flexibility index (Phi) is 23.9. The summed E-state index contributed by atoms with van der Waals surface area (Å²) in [5, 5.41) is 7.47. The van der Waals surface area contributed by atoms with Crippen molar-refractivity contribution in [3.8, 4) is 10.4 Å². The minimum atomic E-state index is -0.439. The molecule has 3 aliphatic heterocycles. The number of piperidine rings is 2. The molecule has 0 spiro atoms. The Balaban J connectivity index is 0.000000355. The lowest BCUT2D eigenvalue weighted by Crippen LogP contribution is -2.42. The molecule has 0 unspecified atom stereocenters. The van der Waals surface area contributed by atoms with Crippen molar-refractivity contribution in [1.82, 2.24) is 20.1 Å². The van der Waals surface area contributed by atoms with Gasteiger partial charge in [0.25, 0.3) is 0 Å². The van der Waals surface area contributed by atoms with Crippen LogP contribution in [0.2, 0.25) is 0 Å². The Morgan fingerprint density at radius 1 is 0.690 bits per heavy atom. The van der Waals surface area contributed by atoms with Crippen LogP contribution in [0.3, 0.4) is 0 Å². The fourth-order valence-electron chi connectivity index (χ4n) is 8.22. The van der Waals surface area contributed by atoms with Crippen LogP contribution in [0.1, 0.15) is 160 Å². The molecule has 4 aromatic heterocycles. The zero-order chi connectivity index (χ0) is 52.9. The number of carbonyl (C=O) groups excluding carboxylic acids is 6.